The van der Waals surface area contributed by atoms with Crippen LogP contribution in [0.1, 0.15) is 18.8 Å². The van der Waals surface area contributed by atoms with Crippen molar-refractivity contribution in [2.24, 2.45) is 5.73 Å². The van der Waals surface area contributed by atoms with Crippen LogP contribution < -0.4 is 5.73 Å². The zero-order chi connectivity index (χ0) is 11.0. The van der Waals surface area contributed by atoms with Crippen molar-refractivity contribution in [2.45, 2.75) is 13.0 Å². The number of hydrogen-bond acceptors (Lipinski definition) is 3. The molecular formula is C10H9ClFN3. The van der Waals surface area contributed by atoms with Crippen LogP contribution in [0.5, 0.6) is 0 Å². The summed E-state index contributed by atoms with van der Waals surface area (Å²) in [5, 5.41) is 0.730. The molecule has 0 saturated carbocycles. The molecule has 1 aromatic heterocycles. The van der Waals surface area contributed by atoms with Gasteiger partial charge in [0.25, 0.3) is 0 Å². The number of rotatable bonds is 1. The van der Waals surface area contributed by atoms with Crippen LogP contribution in [-0.4, -0.2) is 9.97 Å². The van der Waals surface area contributed by atoms with E-state index in [2.05, 4.69) is 9.97 Å². The fourth-order valence-electron chi connectivity index (χ4n) is 1.30. The number of nitrogens with two attached hydrogens (primary N) is 1. The maximum Gasteiger partial charge on any atom is 0.149 e. The minimum atomic E-state index is -0.418. The Hall–Kier alpha value is -1.26. The summed E-state index contributed by atoms with van der Waals surface area (Å²) in [4.78, 5) is 8.04. The summed E-state index contributed by atoms with van der Waals surface area (Å²) >= 11 is 5.90. The van der Waals surface area contributed by atoms with Crippen LogP contribution in [0.3, 0.4) is 0 Å². The molecule has 2 N–H and O–H groups in total. The first kappa shape index (κ1) is 10.3. The summed E-state index contributed by atoms with van der Waals surface area (Å²) in [5.41, 5.74) is 5.83. The number of nitrogens with zero attached hydrogens (tertiary/aromatic N) is 2. The van der Waals surface area contributed by atoms with E-state index in [-0.39, 0.29) is 16.7 Å². The van der Waals surface area contributed by atoms with Gasteiger partial charge >= 0.3 is 0 Å². The number of hydrogen-bond donors (Lipinski definition) is 1. The average Bonchev–Trinajstić information content (AvgIpc) is 2.19. The second-order valence-electron chi connectivity index (χ2n) is 3.30. The normalized spacial score (nSPS) is 13.1. The highest BCUT2D eigenvalue weighted by atomic mass is 35.5. The average molecular weight is 226 g/mol. The molecule has 0 fully saturated rings. The summed E-state index contributed by atoms with van der Waals surface area (Å²) < 4.78 is 13.4. The maximum atomic E-state index is 13.4. The molecule has 0 amide bonds. The molecule has 1 atom stereocenters. The Morgan fingerprint density at radius 2 is 2.13 bits per heavy atom. The van der Waals surface area contributed by atoms with Crippen molar-refractivity contribution in [3.63, 3.8) is 0 Å². The van der Waals surface area contributed by atoms with Crippen molar-refractivity contribution in [2.75, 3.05) is 0 Å². The molecule has 0 bridgehead atoms. The number of halogens is 2. The van der Waals surface area contributed by atoms with Gasteiger partial charge in [-0.3, -0.25) is 0 Å². The van der Waals surface area contributed by atoms with Crippen LogP contribution >= 0.6 is 11.6 Å². The van der Waals surface area contributed by atoms with E-state index in [1.165, 1.54) is 6.07 Å². The lowest BCUT2D eigenvalue weighted by atomic mass is 10.2. The van der Waals surface area contributed by atoms with Crippen molar-refractivity contribution in [3.8, 4) is 0 Å². The Morgan fingerprint density at radius 3 is 2.80 bits per heavy atom. The van der Waals surface area contributed by atoms with Gasteiger partial charge in [-0.1, -0.05) is 17.7 Å². The van der Waals surface area contributed by atoms with E-state index in [1.54, 1.807) is 19.1 Å². The smallest absolute Gasteiger partial charge is 0.149 e. The highest BCUT2D eigenvalue weighted by Crippen LogP contribution is 2.23. The van der Waals surface area contributed by atoms with Crippen molar-refractivity contribution < 1.29 is 4.39 Å². The second kappa shape index (κ2) is 3.72. The first-order valence-electron chi connectivity index (χ1n) is 4.47. The molecule has 5 heteroatoms. The fraction of sp³-hybridized carbons (Fsp3) is 0.200. The van der Waals surface area contributed by atoms with Crippen molar-refractivity contribution in [3.05, 3.63) is 35.0 Å². The predicted octanol–water partition coefficient (Wildman–Crippen LogP) is 2.44. The lowest BCUT2D eigenvalue weighted by Gasteiger charge is -2.07. The van der Waals surface area contributed by atoms with E-state index in [0.717, 1.165) is 0 Å². The Bertz CT molecular complexity index is 513. The third-order valence-electron chi connectivity index (χ3n) is 2.06. The highest BCUT2D eigenvalue weighted by molar-refractivity contribution is 6.34. The summed E-state index contributed by atoms with van der Waals surface area (Å²) in [7, 11) is 0. The van der Waals surface area contributed by atoms with Crippen LogP contribution in [0.15, 0.2) is 18.2 Å². The summed E-state index contributed by atoms with van der Waals surface area (Å²) in [6.07, 6.45) is 0. The highest BCUT2D eigenvalue weighted by Gasteiger charge is 2.11. The van der Waals surface area contributed by atoms with Gasteiger partial charge in [-0.25, -0.2) is 14.4 Å². The molecular weight excluding hydrogens is 217 g/mol. The third-order valence-corrected chi connectivity index (χ3v) is 2.34. The van der Waals surface area contributed by atoms with E-state index in [1.807, 2.05) is 0 Å². The number of benzene rings is 1. The number of para-hydroxylation sites is 1. The van der Waals surface area contributed by atoms with Crippen molar-refractivity contribution in [1.82, 2.24) is 9.97 Å². The van der Waals surface area contributed by atoms with Crippen molar-refractivity contribution in [1.29, 1.82) is 0 Å². The van der Waals surface area contributed by atoms with Crippen LogP contribution in [0, 0.1) is 5.82 Å². The topological polar surface area (TPSA) is 51.8 Å². The molecule has 15 heavy (non-hydrogen) atoms. The van der Waals surface area contributed by atoms with Gasteiger partial charge < -0.3 is 5.73 Å². The molecule has 0 aliphatic rings. The van der Waals surface area contributed by atoms with Gasteiger partial charge in [-0.2, -0.15) is 0 Å². The molecule has 1 heterocycles. The zero-order valence-electron chi connectivity index (χ0n) is 8.04. The number of aromatic nitrogens is 2. The summed E-state index contributed by atoms with van der Waals surface area (Å²) in [6.45, 7) is 1.72. The van der Waals surface area contributed by atoms with Crippen molar-refractivity contribution >= 4 is 22.5 Å². The molecule has 2 aromatic rings. The Morgan fingerprint density at radius 1 is 1.40 bits per heavy atom. The molecule has 1 aromatic carbocycles. The molecule has 0 aliphatic heterocycles. The van der Waals surface area contributed by atoms with Gasteiger partial charge in [0.15, 0.2) is 0 Å². The zero-order valence-corrected chi connectivity index (χ0v) is 8.79. The van der Waals surface area contributed by atoms with E-state index in [9.17, 15) is 4.39 Å². The van der Waals surface area contributed by atoms with E-state index < -0.39 is 5.82 Å². The first-order valence-corrected chi connectivity index (χ1v) is 4.84. The number of fused-ring (bicyclic) bond motifs is 1. The Balaban J connectivity index is 2.80. The Labute approximate surface area is 91.1 Å². The van der Waals surface area contributed by atoms with E-state index >= 15 is 0 Å². The lowest BCUT2D eigenvalue weighted by molar-refractivity contribution is 0.633. The summed E-state index contributed by atoms with van der Waals surface area (Å²) in [6, 6.07) is 4.20. The fourth-order valence-corrected chi connectivity index (χ4v) is 1.54. The largest absolute Gasteiger partial charge is 0.322 e. The minimum absolute atomic E-state index is 0.213. The maximum absolute atomic E-state index is 13.4. The SMILES string of the molecule is CC(N)c1nc(Cl)c2cccc(F)c2n1. The third kappa shape index (κ3) is 1.78. The van der Waals surface area contributed by atoms with Crippen LogP contribution in [0.25, 0.3) is 10.9 Å². The van der Waals surface area contributed by atoms with Gasteiger partial charge in [0, 0.05) is 5.39 Å². The van der Waals surface area contributed by atoms with E-state index in [4.69, 9.17) is 17.3 Å². The quantitative estimate of drug-likeness (QED) is 0.759. The van der Waals surface area contributed by atoms with Gasteiger partial charge in [0.2, 0.25) is 0 Å². The lowest BCUT2D eigenvalue weighted by Crippen LogP contribution is -2.10. The van der Waals surface area contributed by atoms with E-state index in [0.29, 0.717) is 11.2 Å². The molecule has 0 aliphatic carbocycles. The van der Waals surface area contributed by atoms with Gasteiger partial charge in [0.05, 0.1) is 6.04 Å². The van der Waals surface area contributed by atoms with Crippen LogP contribution in [-0.2, 0) is 0 Å². The molecule has 3 nitrogen and oxygen atoms in total. The molecule has 0 radical (unpaired) electrons. The first-order chi connectivity index (χ1) is 7.09. The molecule has 78 valence electrons. The molecule has 0 saturated heterocycles. The second-order valence-corrected chi connectivity index (χ2v) is 3.66. The molecule has 0 spiro atoms. The predicted molar refractivity (Wildman–Crippen MR) is 57.1 cm³/mol. The van der Waals surface area contributed by atoms with Gasteiger partial charge in [0.1, 0.15) is 22.3 Å². The molecule has 1 unspecified atom stereocenters. The van der Waals surface area contributed by atoms with Crippen LogP contribution in [0.2, 0.25) is 5.15 Å². The monoisotopic (exact) mass is 225 g/mol. The van der Waals surface area contributed by atoms with Crippen LogP contribution in [0.4, 0.5) is 4.39 Å². The van der Waals surface area contributed by atoms with Gasteiger partial charge in [-0.05, 0) is 19.1 Å². The standard InChI is InChI=1S/C10H9ClFN3/c1-5(13)10-14-8-6(9(11)15-10)3-2-4-7(8)12/h2-5H,13H2,1H3. The summed E-state index contributed by atoms with van der Waals surface area (Å²) in [5.74, 6) is -0.0729. The minimum Gasteiger partial charge on any atom is -0.322 e. The molecule has 2 rings (SSSR count). The Kier molecular flexibility index (Phi) is 2.54. The van der Waals surface area contributed by atoms with Gasteiger partial charge in [-0.15, -0.1) is 0 Å².